The quantitative estimate of drug-likeness (QED) is 0.172. The van der Waals surface area contributed by atoms with Crippen LogP contribution in [0.3, 0.4) is 0 Å². The summed E-state index contributed by atoms with van der Waals surface area (Å²) >= 11 is 0. The molecule has 7 aromatic carbocycles. The molecule has 0 aliphatic heterocycles. The molecule has 0 saturated heterocycles. The monoisotopic (exact) mass is 721 g/mol. The normalized spacial score (nSPS) is 13.6. The van der Waals surface area contributed by atoms with E-state index >= 15 is 0 Å². The Morgan fingerprint density at radius 3 is 1.61 bits per heavy atom. The molecule has 0 bridgehead atoms. The lowest BCUT2D eigenvalue weighted by Gasteiger charge is -2.26. The maximum Gasteiger partial charge on any atom is 0.238 e. The lowest BCUT2D eigenvalue weighted by Crippen LogP contribution is -2.13. The van der Waals surface area contributed by atoms with Gasteiger partial charge in [0.25, 0.3) is 0 Å². The van der Waals surface area contributed by atoms with Gasteiger partial charge in [-0.3, -0.25) is 4.57 Å². The third kappa shape index (κ3) is 5.34. The Bertz CT molecular complexity index is 2990. The third-order valence-corrected chi connectivity index (χ3v) is 11.7. The number of rotatable bonds is 6. The first kappa shape index (κ1) is 32.6. The van der Waals surface area contributed by atoms with Gasteiger partial charge in [-0.1, -0.05) is 165 Å². The zero-order chi connectivity index (χ0) is 37.0. The van der Waals surface area contributed by atoms with E-state index in [2.05, 4.69) is 143 Å². The van der Waals surface area contributed by atoms with Crippen molar-refractivity contribution in [1.82, 2.24) is 24.1 Å². The molecule has 1 saturated carbocycles. The summed E-state index contributed by atoms with van der Waals surface area (Å²) in [5.74, 6) is 1.89. The Morgan fingerprint density at radius 2 is 0.946 bits per heavy atom. The lowest BCUT2D eigenvalue weighted by atomic mass is 9.93. The molecule has 1 aliphatic carbocycles. The number of para-hydroxylation sites is 2. The molecule has 5 heteroatoms. The van der Waals surface area contributed by atoms with Gasteiger partial charge in [0.15, 0.2) is 11.6 Å². The summed E-state index contributed by atoms with van der Waals surface area (Å²) in [5.41, 5.74) is 11.5. The van der Waals surface area contributed by atoms with Crippen LogP contribution in [0, 0.1) is 0 Å². The molecule has 268 valence electrons. The van der Waals surface area contributed by atoms with E-state index in [0.717, 1.165) is 22.2 Å². The average molecular weight is 722 g/mol. The molecule has 10 aromatic rings. The van der Waals surface area contributed by atoms with E-state index in [1.165, 1.54) is 86.9 Å². The summed E-state index contributed by atoms with van der Waals surface area (Å²) in [6.45, 7) is 0. The molecule has 0 spiro atoms. The second-order valence-corrected chi connectivity index (χ2v) is 15.0. The number of nitrogens with zero attached hydrogens (tertiary/aromatic N) is 5. The van der Waals surface area contributed by atoms with Crippen molar-refractivity contribution in [3.63, 3.8) is 0 Å². The van der Waals surface area contributed by atoms with Gasteiger partial charge >= 0.3 is 0 Å². The van der Waals surface area contributed by atoms with Crippen LogP contribution in [0.15, 0.2) is 170 Å². The van der Waals surface area contributed by atoms with Crippen LogP contribution >= 0.6 is 0 Å². The standard InChI is InChI=1S/C51H39N5/c1-5-18-34(19-6-1)37-24-17-25-38(32-37)42-33-45-46(47-41-29-14-15-30-43(41)55(48(42)47)39-26-11-4-12-27-39)40-28-13-16-31-44(40)56(45)51-53-49(35-20-7-2-8-21-35)52-50(54-51)36-22-9-3-10-23-36/h1-3,5-10,13-25,28-33,39H,4,11-12,26-27H2. The topological polar surface area (TPSA) is 48.5 Å². The van der Waals surface area contributed by atoms with Crippen molar-refractivity contribution >= 4 is 43.6 Å². The molecule has 0 radical (unpaired) electrons. The van der Waals surface area contributed by atoms with Gasteiger partial charge in [-0.15, -0.1) is 0 Å². The Labute approximate surface area is 325 Å². The van der Waals surface area contributed by atoms with Gasteiger partial charge in [-0.2, -0.15) is 9.97 Å². The van der Waals surface area contributed by atoms with Gasteiger partial charge in [0.05, 0.1) is 16.6 Å². The van der Waals surface area contributed by atoms with Crippen LogP contribution in [-0.4, -0.2) is 24.1 Å². The van der Waals surface area contributed by atoms with E-state index in [1.807, 2.05) is 36.4 Å². The van der Waals surface area contributed by atoms with E-state index in [9.17, 15) is 0 Å². The third-order valence-electron chi connectivity index (χ3n) is 11.7. The fourth-order valence-corrected chi connectivity index (χ4v) is 9.19. The lowest BCUT2D eigenvalue weighted by molar-refractivity contribution is 0.367. The van der Waals surface area contributed by atoms with E-state index in [0.29, 0.717) is 23.6 Å². The summed E-state index contributed by atoms with van der Waals surface area (Å²) in [7, 11) is 0. The molecule has 1 aliphatic rings. The smallest absolute Gasteiger partial charge is 0.238 e. The maximum absolute atomic E-state index is 5.28. The fraction of sp³-hybridized carbons (Fsp3) is 0.118. The van der Waals surface area contributed by atoms with E-state index < -0.39 is 0 Å². The highest BCUT2D eigenvalue weighted by Gasteiger charge is 2.28. The van der Waals surface area contributed by atoms with Crippen LogP contribution in [-0.2, 0) is 0 Å². The second-order valence-electron chi connectivity index (χ2n) is 15.0. The molecule has 11 rings (SSSR count). The average Bonchev–Trinajstić information content (AvgIpc) is 3.80. The van der Waals surface area contributed by atoms with E-state index in [4.69, 9.17) is 15.0 Å². The molecule has 3 aromatic heterocycles. The summed E-state index contributed by atoms with van der Waals surface area (Å²) < 4.78 is 4.99. The molecular formula is C51H39N5. The number of benzene rings is 7. The molecule has 3 heterocycles. The van der Waals surface area contributed by atoms with Gasteiger partial charge < -0.3 is 4.57 Å². The Morgan fingerprint density at radius 1 is 0.411 bits per heavy atom. The second kappa shape index (κ2) is 13.5. The van der Waals surface area contributed by atoms with Gasteiger partial charge in [0.2, 0.25) is 5.95 Å². The minimum atomic E-state index is 0.429. The summed E-state index contributed by atoms with van der Waals surface area (Å²) in [6, 6.07) is 61.0. The van der Waals surface area contributed by atoms with Crippen LogP contribution in [0.25, 0.3) is 94.6 Å². The first-order valence-electron chi connectivity index (χ1n) is 19.8. The van der Waals surface area contributed by atoms with Crippen molar-refractivity contribution in [3.8, 4) is 51.0 Å². The first-order chi connectivity index (χ1) is 27.8. The van der Waals surface area contributed by atoms with Crippen LogP contribution in [0.1, 0.15) is 38.1 Å². The van der Waals surface area contributed by atoms with Crippen molar-refractivity contribution in [1.29, 1.82) is 0 Å². The molecule has 0 atom stereocenters. The number of hydrogen-bond donors (Lipinski definition) is 0. The zero-order valence-electron chi connectivity index (χ0n) is 31.0. The Kier molecular flexibility index (Phi) is 7.83. The highest BCUT2D eigenvalue weighted by atomic mass is 15.2. The number of fused-ring (bicyclic) bond motifs is 7. The fourth-order valence-electron chi connectivity index (χ4n) is 9.19. The van der Waals surface area contributed by atoms with Crippen molar-refractivity contribution in [2.75, 3.05) is 0 Å². The van der Waals surface area contributed by atoms with Crippen molar-refractivity contribution in [3.05, 3.63) is 170 Å². The van der Waals surface area contributed by atoms with Gasteiger partial charge in [0.1, 0.15) is 0 Å². The summed E-state index contributed by atoms with van der Waals surface area (Å²) in [6.07, 6.45) is 6.19. The molecule has 1 fully saturated rings. The van der Waals surface area contributed by atoms with Gasteiger partial charge in [-0.05, 0) is 53.8 Å². The van der Waals surface area contributed by atoms with E-state index in [1.54, 1.807) is 0 Å². The molecular weight excluding hydrogens is 683 g/mol. The van der Waals surface area contributed by atoms with E-state index in [-0.39, 0.29) is 0 Å². The van der Waals surface area contributed by atoms with Crippen LogP contribution in [0.4, 0.5) is 0 Å². The molecule has 56 heavy (non-hydrogen) atoms. The van der Waals surface area contributed by atoms with Gasteiger partial charge in [-0.25, -0.2) is 4.98 Å². The first-order valence-corrected chi connectivity index (χ1v) is 19.8. The Hall–Kier alpha value is -6.85. The van der Waals surface area contributed by atoms with Crippen LogP contribution in [0.5, 0.6) is 0 Å². The van der Waals surface area contributed by atoms with Crippen molar-refractivity contribution in [2.24, 2.45) is 0 Å². The zero-order valence-corrected chi connectivity index (χ0v) is 31.0. The highest BCUT2D eigenvalue weighted by molar-refractivity contribution is 6.31. The van der Waals surface area contributed by atoms with Crippen LogP contribution in [0.2, 0.25) is 0 Å². The SMILES string of the molecule is c1ccc(-c2cccc(-c3cc4c(c5ccccc5n4-c4nc(-c5ccccc5)nc(-c5ccccc5)n4)c4c5ccccc5n(C5CCCCC5)c34)c2)cc1. The minimum Gasteiger partial charge on any atom is -0.337 e. The Balaban J connectivity index is 1.29. The van der Waals surface area contributed by atoms with Crippen molar-refractivity contribution in [2.45, 2.75) is 38.1 Å². The largest absolute Gasteiger partial charge is 0.337 e. The van der Waals surface area contributed by atoms with Crippen LogP contribution < -0.4 is 0 Å². The predicted molar refractivity (Wildman–Crippen MR) is 231 cm³/mol. The molecule has 0 amide bonds. The molecule has 0 N–H and O–H groups in total. The highest BCUT2D eigenvalue weighted by Crippen LogP contribution is 2.48. The number of aromatic nitrogens is 5. The molecule has 5 nitrogen and oxygen atoms in total. The maximum atomic E-state index is 5.28. The number of hydrogen-bond acceptors (Lipinski definition) is 3. The summed E-state index contributed by atoms with van der Waals surface area (Å²) in [5, 5.41) is 4.99. The van der Waals surface area contributed by atoms with Gasteiger partial charge in [0, 0.05) is 49.8 Å². The van der Waals surface area contributed by atoms with Crippen molar-refractivity contribution < 1.29 is 0 Å². The predicted octanol–water partition coefficient (Wildman–Crippen LogP) is 13.2. The minimum absolute atomic E-state index is 0.429. The summed E-state index contributed by atoms with van der Waals surface area (Å²) in [4.78, 5) is 15.6. The molecule has 0 unspecified atom stereocenters.